The Hall–Kier alpha value is -1.55. The Morgan fingerprint density at radius 3 is 2.56 bits per heavy atom. The largest absolute Gasteiger partial charge is 0.336 e. The van der Waals surface area contributed by atoms with Gasteiger partial charge < -0.3 is 10.3 Å². The first-order chi connectivity index (χ1) is 8.61. The fraction of sp³-hybridized carbons (Fsp3) is 0.500. The van der Waals surface area contributed by atoms with Crippen LogP contribution >= 0.6 is 0 Å². The van der Waals surface area contributed by atoms with E-state index >= 15 is 0 Å². The molecule has 1 aromatic carbocycles. The Morgan fingerprint density at radius 2 is 1.94 bits per heavy atom. The Kier molecular flexibility index (Phi) is 3.87. The number of nitrogen functional groups attached to an aromatic ring is 1. The molecule has 1 aliphatic rings. The first-order valence-electron chi connectivity index (χ1n) is 6.49. The third kappa shape index (κ3) is 2.64. The predicted octanol–water partition coefficient (Wildman–Crippen LogP) is 2.23. The molecule has 2 rings (SSSR count). The van der Waals surface area contributed by atoms with Gasteiger partial charge in [0.25, 0.3) is 5.91 Å². The lowest BCUT2D eigenvalue weighted by molar-refractivity contribution is 0.0574. The number of rotatable bonds is 2. The maximum Gasteiger partial charge on any atom is 0.254 e. The van der Waals surface area contributed by atoms with Crippen molar-refractivity contribution in [2.75, 3.05) is 12.0 Å². The Bertz CT molecular complexity index is 416. The zero-order valence-corrected chi connectivity index (χ0v) is 11.0. The molecule has 3 N–H and O–H groups in total. The van der Waals surface area contributed by atoms with E-state index < -0.39 is 0 Å². The number of piperidine rings is 1. The minimum Gasteiger partial charge on any atom is -0.336 e. The molecular formula is C14H21N3O. The lowest BCUT2D eigenvalue weighted by Gasteiger charge is -2.36. The van der Waals surface area contributed by atoms with Crippen molar-refractivity contribution in [3.8, 4) is 0 Å². The van der Waals surface area contributed by atoms with Crippen molar-refractivity contribution in [2.24, 2.45) is 11.8 Å². The molecule has 4 nitrogen and oxygen atoms in total. The smallest absolute Gasteiger partial charge is 0.254 e. The van der Waals surface area contributed by atoms with Crippen molar-refractivity contribution in [3.63, 3.8) is 0 Å². The maximum atomic E-state index is 12.4. The number of nitrogens with one attached hydrogen (secondary N) is 1. The second-order valence-electron chi connectivity index (χ2n) is 5.21. The van der Waals surface area contributed by atoms with Gasteiger partial charge in [0.1, 0.15) is 0 Å². The molecule has 0 aliphatic carbocycles. The van der Waals surface area contributed by atoms with E-state index in [1.165, 1.54) is 6.42 Å². The molecule has 1 aromatic rings. The summed E-state index contributed by atoms with van der Waals surface area (Å²) in [6.45, 7) is 5.18. The van der Waals surface area contributed by atoms with Crippen LogP contribution in [0.1, 0.15) is 37.0 Å². The number of carbonyl (C=O) groups excluding carboxylic acids is 1. The summed E-state index contributed by atoms with van der Waals surface area (Å²) in [4.78, 5) is 14.4. The Labute approximate surface area is 108 Å². The molecule has 0 bridgehead atoms. The molecular weight excluding hydrogens is 226 g/mol. The van der Waals surface area contributed by atoms with Gasteiger partial charge in [-0.15, -0.1) is 0 Å². The highest BCUT2D eigenvalue weighted by Crippen LogP contribution is 2.23. The van der Waals surface area contributed by atoms with Gasteiger partial charge in [-0.2, -0.15) is 0 Å². The molecule has 1 saturated heterocycles. The second kappa shape index (κ2) is 5.40. The van der Waals surface area contributed by atoms with Crippen LogP contribution in [-0.4, -0.2) is 23.4 Å². The van der Waals surface area contributed by atoms with Crippen LogP contribution < -0.4 is 11.3 Å². The molecule has 0 spiro atoms. The van der Waals surface area contributed by atoms with Crippen LogP contribution in [0.15, 0.2) is 24.3 Å². The third-order valence-corrected chi connectivity index (χ3v) is 3.68. The molecule has 98 valence electrons. The summed E-state index contributed by atoms with van der Waals surface area (Å²) in [5, 5.41) is 0. The topological polar surface area (TPSA) is 58.4 Å². The number of hydrogen-bond acceptors (Lipinski definition) is 3. The van der Waals surface area contributed by atoms with Crippen LogP contribution in [0.3, 0.4) is 0 Å². The highest BCUT2D eigenvalue weighted by Gasteiger charge is 2.27. The average molecular weight is 247 g/mol. The van der Waals surface area contributed by atoms with Crippen LogP contribution in [0.4, 0.5) is 5.69 Å². The summed E-state index contributed by atoms with van der Waals surface area (Å²) in [5.74, 6) is 6.03. The molecule has 2 unspecified atom stereocenters. The first-order valence-corrected chi connectivity index (χ1v) is 6.49. The number of benzene rings is 1. The zero-order chi connectivity index (χ0) is 13.1. The fourth-order valence-corrected chi connectivity index (χ4v) is 2.45. The highest BCUT2D eigenvalue weighted by molar-refractivity contribution is 5.94. The second-order valence-corrected chi connectivity index (χ2v) is 5.21. The summed E-state index contributed by atoms with van der Waals surface area (Å²) < 4.78 is 0. The van der Waals surface area contributed by atoms with E-state index in [4.69, 9.17) is 5.84 Å². The molecule has 1 amide bonds. The zero-order valence-electron chi connectivity index (χ0n) is 11.0. The summed E-state index contributed by atoms with van der Waals surface area (Å²) in [5.41, 5.74) is 4.11. The molecule has 18 heavy (non-hydrogen) atoms. The number of anilines is 1. The number of hydrogen-bond donors (Lipinski definition) is 2. The standard InChI is InChI=1S/C14H21N3O/c1-10-3-4-11(2)17(9-10)14(18)12-5-7-13(16-15)8-6-12/h5-8,10-11,16H,3-4,9,15H2,1-2H3. The summed E-state index contributed by atoms with van der Waals surface area (Å²) >= 11 is 0. The van der Waals surface area contributed by atoms with Gasteiger partial charge in [-0.05, 0) is 49.9 Å². The number of nitrogens with two attached hydrogens (primary N) is 1. The van der Waals surface area contributed by atoms with Crippen molar-refractivity contribution < 1.29 is 4.79 Å². The van der Waals surface area contributed by atoms with Crippen LogP contribution in [-0.2, 0) is 0 Å². The van der Waals surface area contributed by atoms with Gasteiger partial charge in [-0.25, -0.2) is 0 Å². The number of nitrogens with zero attached hydrogens (tertiary/aromatic N) is 1. The van der Waals surface area contributed by atoms with Crippen LogP contribution in [0, 0.1) is 5.92 Å². The van der Waals surface area contributed by atoms with E-state index in [1.807, 2.05) is 29.2 Å². The van der Waals surface area contributed by atoms with Crippen molar-refractivity contribution in [2.45, 2.75) is 32.7 Å². The molecule has 1 fully saturated rings. The number of amides is 1. The highest BCUT2D eigenvalue weighted by atomic mass is 16.2. The van der Waals surface area contributed by atoms with Crippen LogP contribution in [0.2, 0.25) is 0 Å². The normalized spacial score (nSPS) is 23.8. The summed E-state index contributed by atoms with van der Waals surface area (Å²) in [6, 6.07) is 7.63. The van der Waals surface area contributed by atoms with E-state index in [2.05, 4.69) is 19.3 Å². The van der Waals surface area contributed by atoms with Crippen molar-refractivity contribution in [3.05, 3.63) is 29.8 Å². The first kappa shape index (κ1) is 12.9. The van der Waals surface area contributed by atoms with Gasteiger partial charge >= 0.3 is 0 Å². The Balaban J connectivity index is 2.13. The van der Waals surface area contributed by atoms with E-state index in [0.29, 0.717) is 12.0 Å². The molecule has 0 saturated carbocycles. The quantitative estimate of drug-likeness (QED) is 0.622. The molecule has 0 aromatic heterocycles. The third-order valence-electron chi connectivity index (χ3n) is 3.68. The van der Waals surface area contributed by atoms with E-state index in [9.17, 15) is 4.79 Å². The van der Waals surface area contributed by atoms with Gasteiger partial charge in [0.05, 0.1) is 0 Å². The average Bonchev–Trinajstić information content (AvgIpc) is 2.41. The molecule has 0 radical (unpaired) electrons. The maximum absolute atomic E-state index is 12.4. The van der Waals surface area contributed by atoms with Crippen LogP contribution in [0.5, 0.6) is 0 Å². The molecule has 2 atom stereocenters. The lowest BCUT2D eigenvalue weighted by Crippen LogP contribution is -2.44. The molecule has 1 heterocycles. The molecule has 4 heteroatoms. The monoisotopic (exact) mass is 247 g/mol. The van der Waals surface area contributed by atoms with Crippen molar-refractivity contribution in [1.29, 1.82) is 0 Å². The van der Waals surface area contributed by atoms with E-state index in [-0.39, 0.29) is 5.91 Å². The number of carbonyl (C=O) groups is 1. The van der Waals surface area contributed by atoms with E-state index in [1.54, 1.807) is 0 Å². The van der Waals surface area contributed by atoms with Gasteiger partial charge in [0, 0.05) is 23.8 Å². The predicted molar refractivity (Wildman–Crippen MR) is 73.1 cm³/mol. The Morgan fingerprint density at radius 1 is 1.28 bits per heavy atom. The molecule has 1 aliphatic heterocycles. The van der Waals surface area contributed by atoms with Crippen molar-refractivity contribution in [1.82, 2.24) is 4.90 Å². The number of hydrazine groups is 1. The summed E-state index contributed by atoms with van der Waals surface area (Å²) in [7, 11) is 0. The van der Waals surface area contributed by atoms with Gasteiger partial charge in [-0.1, -0.05) is 6.92 Å². The van der Waals surface area contributed by atoms with E-state index in [0.717, 1.165) is 24.2 Å². The SMILES string of the molecule is CC1CCC(C)N(C(=O)c2ccc(NN)cc2)C1. The lowest BCUT2D eigenvalue weighted by atomic mass is 9.94. The minimum absolute atomic E-state index is 0.123. The summed E-state index contributed by atoms with van der Waals surface area (Å²) in [6.07, 6.45) is 2.30. The number of likely N-dealkylation sites (tertiary alicyclic amines) is 1. The van der Waals surface area contributed by atoms with Crippen LogP contribution in [0.25, 0.3) is 0 Å². The van der Waals surface area contributed by atoms with Gasteiger partial charge in [0.2, 0.25) is 0 Å². The van der Waals surface area contributed by atoms with Gasteiger partial charge in [-0.3, -0.25) is 10.6 Å². The van der Waals surface area contributed by atoms with Gasteiger partial charge in [0.15, 0.2) is 0 Å². The minimum atomic E-state index is 0.123. The fourth-order valence-electron chi connectivity index (χ4n) is 2.45. The van der Waals surface area contributed by atoms with Crippen molar-refractivity contribution >= 4 is 11.6 Å².